The highest BCUT2D eigenvalue weighted by molar-refractivity contribution is 5.82. The van der Waals surface area contributed by atoms with E-state index in [1.165, 1.54) is 12.8 Å². The summed E-state index contributed by atoms with van der Waals surface area (Å²) in [6.07, 6.45) is 3.11. The summed E-state index contributed by atoms with van der Waals surface area (Å²) < 4.78 is 0. The standard InChI is InChI=1S/C12H20N2O2/c1-9-7-14(5-4-11(9)15)8-12(16)13-6-10-2-3-10/h9-10H,2-8H2,1H3,(H,13,16). The van der Waals surface area contributed by atoms with Crippen LogP contribution in [0.3, 0.4) is 0 Å². The fraction of sp³-hybridized carbons (Fsp3) is 0.833. The smallest absolute Gasteiger partial charge is 0.234 e. The van der Waals surface area contributed by atoms with Gasteiger partial charge in [0.1, 0.15) is 5.78 Å². The maximum Gasteiger partial charge on any atom is 0.234 e. The van der Waals surface area contributed by atoms with Gasteiger partial charge in [0.15, 0.2) is 0 Å². The molecule has 2 fully saturated rings. The topological polar surface area (TPSA) is 49.4 Å². The molecule has 0 aromatic carbocycles. The Morgan fingerprint density at radius 3 is 2.88 bits per heavy atom. The normalized spacial score (nSPS) is 26.8. The molecule has 2 aliphatic rings. The number of amides is 1. The molecule has 4 heteroatoms. The van der Waals surface area contributed by atoms with Gasteiger partial charge in [-0.05, 0) is 18.8 Å². The van der Waals surface area contributed by atoms with Gasteiger partial charge in [-0.3, -0.25) is 14.5 Å². The van der Waals surface area contributed by atoms with E-state index >= 15 is 0 Å². The fourth-order valence-electron chi connectivity index (χ4n) is 2.08. The Morgan fingerprint density at radius 1 is 1.50 bits per heavy atom. The molecule has 1 heterocycles. The third-order valence-electron chi connectivity index (χ3n) is 3.41. The van der Waals surface area contributed by atoms with Crippen LogP contribution in [0.4, 0.5) is 0 Å². The van der Waals surface area contributed by atoms with Gasteiger partial charge in [0.05, 0.1) is 6.54 Å². The third-order valence-corrected chi connectivity index (χ3v) is 3.41. The summed E-state index contributed by atoms with van der Waals surface area (Å²) in [4.78, 5) is 25.0. The Labute approximate surface area is 96.4 Å². The summed E-state index contributed by atoms with van der Waals surface area (Å²) in [6.45, 7) is 4.69. The largest absolute Gasteiger partial charge is 0.355 e. The van der Waals surface area contributed by atoms with Crippen molar-refractivity contribution in [3.63, 3.8) is 0 Å². The molecule has 0 radical (unpaired) electrons. The van der Waals surface area contributed by atoms with Crippen molar-refractivity contribution in [2.75, 3.05) is 26.2 Å². The van der Waals surface area contributed by atoms with Crippen molar-refractivity contribution in [3.8, 4) is 0 Å². The number of Topliss-reactive ketones (excluding diaryl/α,β-unsaturated/α-hetero) is 1. The van der Waals surface area contributed by atoms with Crippen LogP contribution in [-0.2, 0) is 9.59 Å². The third kappa shape index (κ3) is 3.30. The van der Waals surface area contributed by atoms with Gasteiger partial charge >= 0.3 is 0 Å². The second kappa shape index (κ2) is 4.95. The van der Waals surface area contributed by atoms with E-state index in [-0.39, 0.29) is 11.8 Å². The van der Waals surface area contributed by atoms with E-state index in [0.29, 0.717) is 18.7 Å². The van der Waals surface area contributed by atoms with Crippen LogP contribution in [0.15, 0.2) is 0 Å². The molecular weight excluding hydrogens is 204 g/mol. The molecule has 2 rings (SSSR count). The second-order valence-electron chi connectivity index (χ2n) is 5.10. The molecule has 1 atom stereocenters. The van der Waals surface area contributed by atoms with Gasteiger partial charge < -0.3 is 5.32 Å². The van der Waals surface area contributed by atoms with Gasteiger partial charge in [-0.1, -0.05) is 6.92 Å². The van der Waals surface area contributed by atoms with Crippen molar-refractivity contribution in [1.29, 1.82) is 0 Å². The lowest BCUT2D eigenvalue weighted by Crippen LogP contribution is -2.45. The first-order chi connectivity index (χ1) is 7.65. The number of carbonyl (C=O) groups is 2. The molecule has 1 aliphatic carbocycles. The van der Waals surface area contributed by atoms with Crippen molar-refractivity contribution in [3.05, 3.63) is 0 Å². The Hall–Kier alpha value is -0.900. The molecule has 90 valence electrons. The van der Waals surface area contributed by atoms with Crippen LogP contribution in [0.1, 0.15) is 26.2 Å². The van der Waals surface area contributed by atoms with E-state index in [0.717, 1.165) is 25.6 Å². The van der Waals surface area contributed by atoms with Crippen LogP contribution in [0, 0.1) is 11.8 Å². The van der Waals surface area contributed by atoms with Gasteiger partial charge in [-0.25, -0.2) is 0 Å². The quantitative estimate of drug-likeness (QED) is 0.753. The minimum absolute atomic E-state index is 0.0879. The zero-order valence-corrected chi connectivity index (χ0v) is 9.87. The zero-order chi connectivity index (χ0) is 11.5. The number of carbonyl (C=O) groups excluding carboxylic acids is 2. The molecule has 1 saturated heterocycles. The summed E-state index contributed by atoms with van der Waals surface area (Å²) in [5, 5.41) is 2.95. The van der Waals surface area contributed by atoms with Crippen molar-refractivity contribution in [1.82, 2.24) is 10.2 Å². The van der Waals surface area contributed by atoms with Crippen LogP contribution in [0.2, 0.25) is 0 Å². The summed E-state index contributed by atoms with van der Waals surface area (Å²) in [7, 11) is 0. The van der Waals surface area contributed by atoms with Gasteiger partial charge in [0.25, 0.3) is 0 Å². The van der Waals surface area contributed by atoms with Gasteiger partial charge in [0, 0.05) is 32.0 Å². The van der Waals surface area contributed by atoms with Gasteiger partial charge in [0.2, 0.25) is 5.91 Å². The Balaban J connectivity index is 1.67. The van der Waals surface area contributed by atoms with E-state index in [9.17, 15) is 9.59 Å². The number of likely N-dealkylation sites (tertiary alicyclic amines) is 1. The summed E-state index contributed by atoms with van der Waals surface area (Å²) >= 11 is 0. The number of ketones is 1. The van der Waals surface area contributed by atoms with E-state index in [1.807, 2.05) is 6.92 Å². The Bertz CT molecular complexity index is 287. The van der Waals surface area contributed by atoms with E-state index < -0.39 is 0 Å². The van der Waals surface area contributed by atoms with Crippen molar-refractivity contribution in [2.24, 2.45) is 11.8 Å². The molecule has 4 nitrogen and oxygen atoms in total. The first-order valence-electron chi connectivity index (χ1n) is 6.17. The molecule has 1 saturated carbocycles. The SMILES string of the molecule is CC1CN(CC(=O)NCC2CC2)CCC1=O. The molecule has 16 heavy (non-hydrogen) atoms. The molecule has 0 aromatic heterocycles. The van der Waals surface area contributed by atoms with Crippen molar-refractivity contribution in [2.45, 2.75) is 26.2 Å². The molecule has 1 N–H and O–H groups in total. The van der Waals surface area contributed by atoms with Crippen LogP contribution in [0.5, 0.6) is 0 Å². The molecule has 0 bridgehead atoms. The lowest BCUT2D eigenvalue weighted by molar-refractivity contribution is -0.129. The first kappa shape index (κ1) is 11.6. The molecular formula is C12H20N2O2. The first-order valence-corrected chi connectivity index (χ1v) is 6.17. The number of hydrogen-bond donors (Lipinski definition) is 1. The predicted octanol–water partition coefficient (Wildman–Crippen LogP) is 0.424. The number of nitrogens with zero attached hydrogens (tertiary/aromatic N) is 1. The van der Waals surface area contributed by atoms with E-state index in [4.69, 9.17) is 0 Å². The van der Waals surface area contributed by atoms with Gasteiger partial charge in [-0.15, -0.1) is 0 Å². The highest BCUT2D eigenvalue weighted by atomic mass is 16.2. The number of nitrogens with one attached hydrogen (secondary N) is 1. The average Bonchev–Trinajstić information content (AvgIpc) is 3.04. The average molecular weight is 224 g/mol. The van der Waals surface area contributed by atoms with Crippen LogP contribution >= 0.6 is 0 Å². The number of piperidine rings is 1. The highest BCUT2D eigenvalue weighted by Crippen LogP contribution is 2.27. The Kier molecular flexibility index (Phi) is 3.59. The maximum absolute atomic E-state index is 11.6. The van der Waals surface area contributed by atoms with Crippen molar-refractivity contribution >= 4 is 11.7 Å². The minimum Gasteiger partial charge on any atom is -0.355 e. The number of rotatable bonds is 4. The van der Waals surface area contributed by atoms with Crippen LogP contribution in [-0.4, -0.2) is 42.8 Å². The van der Waals surface area contributed by atoms with Crippen LogP contribution < -0.4 is 5.32 Å². The van der Waals surface area contributed by atoms with Crippen molar-refractivity contribution < 1.29 is 9.59 Å². The van der Waals surface area contributed by atoms with E-state index in [2.05, 4.69) is 10.2 Å². The maximum atomic E-state index is 11.6. The predicted molar refractivity (Wildman–Crippen MR) is 61.0 cm³/mol. The van der Waals surface area contributed by atoms with E-state index in [1.54, 1.807) is 0 Å². The lowest BCUT2D eigenvalue weighted by Gasteiger charge is -2.29. The molecule has 1 unspecified atom stereocenters. The van der Waals surface area contributed by atoms with Crippen LogP contribution in [0.25, 0.3) is 0 Å². The minimum atomic E-state index is 0.0879. The molecule has 0 spiro atoms. The summed E-state index contributed by atoms with van der Waals surface area (Å²) in [5.41, 5.74) is 0. The summed E-state index contributed by atoms with van der Waals surface area (Å²) in [5.74, 6) is 1.25. The molecule has 1 amide bonds. The number of hydrogen-bond acceptors (Lipinski definition) is 3. The Morgan fingerprint density at radius 2 is 2.25 bits per heavy atom. The lowest BCUT2D eigenvalue weighted by atomic mass is 9.99. The zero-order valence-electron chi connectivity index (χ0n) is 9.87. The fourth-order valence-corrected chi connectivity index (χ4v) is 2.08. The summed E-state index contributed by atoms with van der Waals surface area (Å²) in [6, 6.07) is 0. The highest BCUT2D eigenvalue weighted by Gasteiger charge is 2.25. The molecule has 1 aliphatic heterocycles. The molecule has 0 aromatic rings. The second-order valence-corrected chi connectivity index (χ2v) is 5.10. The van der Waals surface area contributed by atoms with Gasteiger partial charge in [-0.2, -0.15) is 0 Å². The monoisotopic (exact) mass is 224 g/mol.